The lowest BCUT2D eigenvalue weighted by molar-refractivity contribution is 0.0119. The number of rotatable bonds is 6. The molecule has 0 aliphatic heterocycles. The minimum absolute atomic E-state index is 0.0755. The van der Waals surface area contributed by atoms with Gasteiger partial charge in [0.05, 0.1) is 10.6 Å². The van der Waals surface area contributed by atoms with Gasteiger partial charge in [0.15, 0.2) is 0 Å². The zero-order chi connectivity index (χ0) is 13.1. The lowest BCUT2D eigenvalue weighted by Gasteiger charge is -2.25. The van der Waals surface area contributed by atoms with Crippen molar-refractivity contribution in [3.05, 3.63) is 20.8 Å². The highest BCUT2D eigenvalue weighted by molar-refractivity contribution is 7.10. The summed E-state index contributed by atoms with van der Waals surface area (Å²) in [6, 6.07) is 0.315. The minimum atomic E-state index is -0.0755. The number of nitrogens with one attached hydrogen (secondary N) is 1. The van der Waals surface area contributed by atoms with Crippen molar-refractivity contribution in [3.8, 4) is 0 Å². The van der Waals surface area contributed by atoms with Crippen molar-refractivity contribution in [2.45, 2.75) is 45.3 Å². The Bertz CT molecular complexity index is 362. The summed E-state index contributed by atoms with van der Waals surface area (Å²) >= 11 is 8.04. The molecule has 0 spiro atoms. The van der Waals surface area contributed by atoms with E-state index in [9.17, 15) is 0 Å². The lowest BCUT2D eigenvalue weighted by atomic mass is 9.98. The van der Waals surface area contributed by atoms with E-state index in [0.29, 0.717) is 6.04 Å². The molecule has 0 aromatic carbocycles. The monoisotopic (exact) mass is 275 g/mol. The molecule has 1 N–H and O–H groups in total. The van der Waals surface area contributed by atoms with Crippen LogP contribution in [0.1, 0.15) is 43.2 Å². The summed E-state index contributed by atoms with van der Waals surface area (Å²) in [6.07, 6.45) is 2.03. The van der Waals surface area contributed by atoms with Crippen LogP contribution >= 0.6 is 22.9 Å². The van der Waals surface area contributed by atoms with Crippen molar-refractivity contribution in [3.63, 3.8) is 0 Å². The van der Waals surface area contributed by atoms with Gasteiger partial charge in [-0.25, -0.2) is 0 Å². The van der Waals surface area contributed by atoms with Gasteiger partial charge in [-0.2, -0.15) is 0 Å². The Morgan fingerprint density at radius 1 is 1.53 bits per heavy atom. The van der Waals surface area contributed by atoms with Gasteiger partial charge in [-0.1, -0.05) is 11.6 Å². The second-order valence-electron chi connectivity index (χ2n) is 4.94. The van der Waals surface area contributed by atoms with E-state index in [2.05, 4.69) is 24.5 Å². The largest absolute Gasteiger partial charge is 0.379 e. The van der Waals surface area contributed by atoms with Gasteiger partial charge in [0.2, 0.25) is 0 Å². The van der Waals surface area contributed by atoms with Gasteiger partial charge in [-0.15, -0.1) is 11.3 Å². The molecule has 0 aliphatic carbocycles. The number of ether oxygens (including phenoxy) is 1. The van der Waals surface area contributed by atoms with Crippen molar-refractivity contribution < 1.29 is 4.74 Å². The summed E-state index contributed by atoms with van der Waals surface area (Å²) in [7, 11) is 3.74. The molecule has 1 aromatic heterocycles. The first-order valence-electron chi connectivity index (χ1n) is 5.87. The smallest absolute Gasteiger partial charge is 0.0623 e. The average molecular weight is 276 g/mol. The zero-order valence-electron chi connectivity index (χ0n) is 11.3. The van der Waals surface area contributed by atoms with E-state index in [1.165, 1.54) is 4.88 Å². The molecular weight excluding hydrogens is 254 g/mol. The van der Waals surface area contributed by atoms with E-state index in [0.717, 1.165) is 23.4 Å². The van der Waals surface area contributed by atoms with Crippen LogP contribution in [0, 0.1) is 6.92 Å². The van der Waals surface area contributed by atoms with E-state index in [1.807, 2.05) is 14.0 Å². The number of thiophene rings is 1. The summed E-state index contributed by atoms with van der Waals surface area (Å²) < 4.78 is 5.45. The first-order valence-corrected chi connectivity index (χ1v) is 7.13. The highest BCUT2D eigenvalue weighted by Gasteiger charge is 2.22. The first kappa shape index (κ1) is 15.0. The first-order chi connectivity index (χ1) is 7.91. The van der Waals surface area contributed by atoms with Crippen LogP contribution in [-0.2, 0) is 4.74 Å². The third kappa shape index (κ3) is 3.95. The van der Waals surface area contributed by atoms with Gasteiger partial charge in [0.25, 0.3) is 0 Å². The second kappa shape index (κ2) is 6.19. The Balaban J connectivity index is 2.70. The van der Waals surface area contributed by atoms with Crippen molar-refractivity contribution >= 4 is 22.9 Å². The van der Waals surface area contributed by atoms with Gasteiger partial charge in [-0.05, 0) is 51.6 Å². The Morgan fingerprint density at radius 3 is 2.59 bits per heavy atom. The molecule has 98 valence electrons. The number of aryl methyl sites for hydroxylation is 1. The number of hydrogen-bond donors (Lipinski definition) is 1. The molecular formula is C13H22ClNOS. The fourth-order valence-electron chi connectivity index (χ4n) is 1.69. The van der Waals surface area contributed by atoms with Crippen LogP contribution in [0.3, 0.4) is 0 Å². The van der Waals surface area contributed by atoms with Crippen LogP contribution in [0.5, 0.6) is 0 Å². The lowest BCUT2D eigenvalue weighted by Crippen LogP contribution is -2.25. The quantitative estimate of drug-likeness (QED) is 0.841. The molecule has 1 rings (SSSR count). The summed E-state index contributed by atoms with van der Waals surface area (Å²) in [5, 5.41) is 6.36. The van der Waals surface area contributed by atoms with Gasteiger partial charge in [0, 0.05) is 18.0 Å². The maximum absolute atomic E-state index is 6.31. The molecule has 0 saturated heterocycles. The fourth-order valence-corrected chi connectivity index (χ4v) is 3.16. The molecule has 0 bridgehead atoms. The third-order valence-corrected chi connectivity index (χ3v) is 5.01. The molecule has 0 radical (unpaired) electrons. The predicted molar refractivity (Wildman–Crippen MR) is 76.2 cm³/mol. The van der Waals surface area contributed by atoms with Crippen molar-refractivity contribution in [1.29, 1.82) is 0 Å². The van der Waals surface area contributed by atoms with Crippen molar-refractivity contribution in [2.75, 3.05) is 14.2 Å². The molecule has 1 unspecified atom stereocenters. The van der Waals surface area contributed by atoms with Crippen LogP contribution in [0.4, 0.5) is 0 Å². The van der Waals surface area contributed by atoms with E-state index < -0.39 is 0 Å². The summed E-state index contributed by atoms with van der Waals surface area (Å²) in [5.41, 5.74) is 1.09. The minimum Gasteiger partial charge on any atom is -0.379 e. The summed E-state index contributed by atoms with van der Waals surface area (Å²) in [5.74, 6) is 0. The second-order valence-corrected chi connectivity index (χ2v) is 6.23. The Labute approximate surface area is 113 Å². The van der Waals surface area contributed by atoms with Crippen molar-refractivity contribution in [1.82, 2.24) is 5.32 Å². The molecule has 2 nitrogen and oxygen atoms in total. The van der Waals surface area contributed by atoms with Gasteiger partial charge < -0.3 is 10.1 Å². The molecule has 1 aromatic rings. The predicted octanol–water partition coefficient (Wildman–Crippen LogP) is 4.18. The van der Waals surface area contributed by atoms with Gasteiger partial charge in [0.1, 0.15) is 0 Å². The summed E-state index contributed by atoms with van der Waals surface area (Å²) in [4.78, 5) is 1.23. The average Bonchev–Trinajstić information content (AvgIpc) is 2.62. The van der Waals surface area contributed by atoms with E-state index in [1.54, 1.807) is 18.4 Å². The summed E-state index contributed by atoms with van der Waals surface area (Å²) in [6.45, 7) is 6.27. The maximum atomic E-state index is 6.31. The van der Waals surface area contributed by atoms with E-state index >= 15 is 0 Å². The Kier molecular flexibility index (Phi) is 5.45. The molecule has 0 fully saturated rings. The van der Waals surface area contributed by atoms with Gasteiger partial charge in [-0.3, -0.25) is 0 Å². The molecule has 4 heteroatoms. The maximum Gasteiger partial charge on any atom is 0.0623 e. The molecule has 1 heterocycles. The SMILES string of the molecule is CNC(CCC(C)(C)OC)c1scc(C)c1Cl. The molecule has 0 amide bonds. The molecule has 0 saturated carbocycles. The third-order valence-electron chi connectivity index (χ3n) is 3.18. The highest BCUT2D eigenvalue weighted by Crippen LogP contribution is 2.35. The van der Waals surface area contributed by atoms with E-state index in [-0.39, 0.29) is 5.60 Å². The van der Waals surface area contributed by atoms with E-state index in [4.69, 9.17) is 16.3 Å². The van der Waals surface area contributed by atoms with Crippen LogP contribution < -0.4 is 5.32 Å². The van der Waals surface area contributed by atoms with Crippen molar-refractivity contribution in [2.24, 2.45) is 0 Å². The molecule has 0 aliphatic rings. The Morgan fingerprint density at radius 2 is 2.18 bits per heavy atom. The molecule has 17 heavy (non-hydrogen) atoms. The number of hydrogen-bond acceptors (Lipinski definition) is 3. The molecule has 1 atom stereocenters. The van der Waals surface area contributed by atoms with Crippen LogP contribution in [0.2, 0.25) is 5.02 Å². The fraction of sp³-hybridized carbons (Fsp3) is 0.692. The Hall–Kier alpha value is -0.0900. The normalized spacial score (nSPS) is 14.0. The highest BCUT2D eigenvalue weighted by atomic mass is 35.5. The number of methoxy groups -OCH3 is 1. The topological polar surface area (TPSA) is 21.3 Å². The standard InChI is InChI=1S/C13H22ClNOS/c1-9-8-17-12(11(9)14)10(15-4)6-7-13(2,3)16-5/h8,10,15H,6-7H2,1-5H3. The zero-order valence-corrected chi connectivity index (χ0v) is 12.8. The van der Waals surface area contributed by atoms with Crippen LogP contribution in [0.25, 0.3) is 0 Å². The number of halogens is 1. The van der Waals surface area contributed by atoms with Crippen LogP contribution in [0.15, 0.2) is 5.38 Å². The van der Waals surface area contributed by atoms with Gasteiger partial charge >= 0.3 is 0 Å². The van der Waals surface area contributed by atoms with Crippen LogP contribution in [-0.4, -0.2) is 19.8 Å².